The van der Waals surface area contributed by atoms with Crippen LogP contribution in [0.4, 0.5) is 5.69 Å². The highest BCUT2D eigenvalue weighted by atomic mass is 16.5. The summed E-state index contributed by atoms with van der Waals surface area (Å²) >= 11 is 0. The van der Waals surface area contributed by atoms with Crippen LogP contribution in [-0.2, 0) is 9.59 Å². The van der Waals surface area contributed by atoms with E-state index in [9.17, 15) is 14.7 Å². The molecule has 1 saturated heterocycles. The van der Waals surface area contributed by atoms with Crippen LogP contribution < -0.4 is 9.64 Å². The number of methoxy groups -OCH3 is 1. The fourth-order valence-corrected chi connectivity index (χ4v) is 5.91. The van der Waals surface area contributed by atoms with Crippen molar-refractivity contribution < 1.29 is 23.8 Å². The van der Waals surface area contributed by atoms with Gasteiger partial charge in [-0.2, -0.15) is 0 Å². The van der Waals surface area contributed by atoms with Crippen molar-refractivity contribution >= 4 is 28.5 Å². The Kier molecular flexibility index (Phi) is 8.21. The van der Waals surface area contributed by atoms with Gasteiger partial charge in [0.25, 0.3) is 0 Å². The van der Waals surface area contributed by atoms with Crippen molar-refractivity contribution in [3.05, 3.63) is 95.7 Å². The molecule has 1 aliphatic heterocycles. The molecular formula is C33H36N2O5. The molecule has 1 amide bonds. The monoisotopic (exact) mass is 540 g/mol. The molecule has 2 heterocycles. The molecule has 3 aromatic carbocycles. The van der Waals surface area contributed by atoms with Crippen molar-refractivity contribution in [2.45, 2.75) is 38.6 Å². The molecule has 208 valence electrons. The number of ether oxygens (including phenoxy) is 1. The maximum Gasteiger partial charge on any atom is 0.309 e. The van der Waals surface area contributed by atoms with E-state index in [0.29, 0.717) is 18.8 Å². The standard InChI is InChI=1S/C33H36N2O5/c1-4-5-16-35(26-8-6-7-22(2)18-26)30(36)21-34-20-28(24-11-14-29-25(19-24)15-17-40-29)31(33(37)38)32(34)23-9-12-27(39-3)13-10-23/h6-15,17-19,28,31-32H,4-5,16,20-21H2,1-3H3,(H,37,38). The number of aliphatic carboxylic acids is 1. The van der Waals surface area contributed by atoms with Crippen molar-refractivity contribution in [1.82, 2.24) is 4.90 Å². The van der Waals surface area contributed by atoms with Crippen molar-refractivity contribution in [3.63, 3.8) is 0 Å². The summed E-state index contributed by atoms with van der Waals surface area (Å²) in [6, 6.07) is 22.8. The second-order valence-electron chi connectivity index (χ2n) is 10.6. The molecule has 5 rings (SSSR count). The van der Waals surface area contributed by atoms with E-state index in [4.69, 9.17) is 9.15 Å². The Labute approximate surface area is 235 Å². The largest absolute Gasteiger partial charge is 0.497 e. The predicted molar refractivity (Wildman–Crippen MR) is 156 cm³/mol. The summed E-state index contributed by atoms with van der Waals surface area (Å²) in [5.74, 6) is -1.26. The van der Waals surface area contributed by atoms with Gasteiger partial charge in [-0.25, -0.2) is 0 Å². The average molecular weight is 541 g/mol. The first-order valence-electron chi connectivity index (χ1n) is 13.8. The number of likely N-dealkylation sites (tertiary alicyclic amines) is 1. The van der Waals surface area contributed by atoms with Gasteiger partial charge >= 0.3 is 5.97 Å². The van der Waals surface area contributed by atoms with E-state index in [-0.39, 0.29) is 18.4 Å². The van der Waals surface area contributed by atoms with Gasteiger partial charge in [0, 0.05) is 36.1 Å². The van der Waals surface area contributed by atoms with Crippen LogP contribution in [0.3, 0.4) is 0 Å². The number of fused-ring (bicyclic) bond motifs is 1. The minimum absolute atomic E-state index is 0.0346. The average Bonchev–Trinajstić information content (AvgIpc) is 3.58. The van der Waals surface area contributed by atoms with Crippen LogP contribution in [0, 0.1) is 12.8 Å². The number of furan rings is 1. The molecule has 0 saturated carbocycles. The molecule has 0 bridgehead atoms. The van der Waals surface area contributed by atoms with Crippen LogP contribution in [0.25, 0.3) is 11.0 Å². The first-order valence-corrected chi connectivity index (χ1v) is 13.8. The lowest BCUT2D eigenvalue weighted by molar-refractivity contribution is -0.143. The Bertz CT molecular complexity index is 1480. The van der Waals surface area contributed by atoms with Gasteiger partial charge in [-0.3, -0.25) is 14.5 Å². The number of nitrogens with zero attached hydrogens (tertiary/aromatic N) is 2. The number of rotatable bonds is 10. The second-order valence-corrected chi connectivity index (χ2v) is 10.6. The Morgan fingerprint density at radius 3 is 2.52 bits per heavy atom. The van der Waals surface area contributed by atoms with Crippen molar-refractivity contribution in [3.8, 4) is 5.75 Å². The molecule has 1 aliphatic rings. The van der Waals surface area contributed by atoms with Gasteiger partial charge in [0.05, 0.1) is 25.8 Å². The SMILES string of the molecule is CCCCN(C(=O)CN1CC(c2ccc3occc3c2)C(C(=O)O)C1c1ccc(OC)cc1)c1cccc(C)c1. The lowest BCUT2D eigenvalue weighted by Crippen LogP contribution is -2.41. The fraction of sp³-hybridized carbons (Fsp3) is 0.333. The predicted octanol–water partition coefficient (Wildman–Crippen LogP) is 6.42. The molecule has 0 aliphatic carbocycles. The number of carbonyl (C=O) groups is 2. The van der Waals surface area contributed by atoms with Gasteiger partial charge in [0.2, 0.25) is 5.91 Å². The van der Waals surface area contributed by atoms with E-state index in [1.807, 2.05) is 89.5 Å². The summed E-state index contributed by atoms with van der Waals surface area (Å²) in [4.78, 5) is 30.8. The second kappa shape index (κ2) is 12.0. The maximum atomic E-state index is 14.0. The zero-order valence-corrected chi connectivity index (χ0v) is 23.2. The summed E-state index contributed by atoms with van der Waals surface area (Å²) in [5, 5.41) is 11.5. The molecule has 3 atom stereocenters. The van der Waals surface area contributed by atoms with Gasteiger partial charge in [-0.15, -0.1) is 0 Å². The molecule has 40 heavy (non-hydrogen) atoms. The van der Waals surface area contributed by atoms with E-state index >= 15 is 0 Å². The lowest BCUT2D eigenvalue weighted by Gasteiger charge is -2.30. The van der Waals surface area contributed by atoms with E-state index in [1.165, 1.54) is 0 Å². The molecule has 1 fully saturated rings. The first-order chi connectivity index (χ1) is 19.4. The van der Waals surface area contributed by atoms with Gasteiger partial charge < -0.3 is 19.2 Å². The molecule has 0 spiro atoms. The quantitative estimate of drug-likeness (QED) is 0.250. The van der Waals surface area contributed by atoms with Gasteiger partial charge in [0.15, 0.2) is 0 Å². The highest BCUT2D eigenvalue weighted by molar-refractivity contribution is 5.95. The van der Waals surface area contributed by atoms with Crippen LogP contribution in [0.15, 0.2) is 83.5 Å². The van der Waals surface area contributed by atoms with Crippen LogP contribution in [0.1, 0.15) is 48.4 Å². The van der Waals surface area contributed by atoms with Crippen LogP contribution in [-0.4, -0.2) is 48.6 Å². The third-order valence-electron chi connectivity index (χ3n) is 7.93. The van der Waals surface area contributed by atoms with Crippen LogP contribution >= 0.6 is 0 Å². The van der Waals surface area contributed by atoms with E-state index < -0.39 is 17.9 Å². The van der Waals surface area contributed by atoms with Crippen molar-refractivity contribution in [2.24, 2.45) is 5.92 Å². The van der Waals surface area contributed by atoms with Gasteiger partial charge in [-0.05, 0) is 72.5 Å². The smallest absolute Gasteiger partial charge is 0.309 e. The first kappa shape index (κ1) is 27.5. The van der Waals surface area contributed by atoms with Crippen molar-refractivity contribution in [1.29, 1.82) is 0 Å². The summed E-state index contributed by atoms with van der Waals surface area (Å²) in [6.45, 7) is 5.30. The van der Waals surface area contributed by atoms with Crippen molar-refractivity contribution in [2.75, 3.05) is 31.6 Å². The summed E-state index contributed by atoms with van der Waals surface area (Å²) in [7, 11) is 1.60. The number of aryl methyl sites for hydroxylation is 1. The normalized spacial score (nSPS) is 19.1. The molecule has 3 unspecified atom stereocenters. The topological polar surface area (TPSA) is 83.2 Å². The third kappa shape index (κ3) is 5.61. The Morgan fingerprint density at radius 1 is 1.05 bits per heavy atom. The summed E-state index contributed by atoms with van der Waals surface area (Å²) in [5.41, 5.74) is 4.50. The fourth-order valence-electron chi connectivity index (χ4n) is 5.91. The van der Waals surface area contributed by atoms with Gasteiger partial charge in [0.1, 0.15) is 11.3 Å². The molecular weight excluding hydrogens is 504 g/mol. The number of amides is 1. The Hall–Kier alpha value is -4.10. The van der Waals surface area contributed by atoms with Crippen LogP contribution in [0.2, 0.25) is 0 Å². The molecule has 0 radical (unpaired) electrons. The van der Waals surface area contributed by atoms with Gasteiger partial charge in [-0.1, -0.05) is 43.7 Å². The number of carboxylic acids is 1. The van der Waals surface area contributed by atoms with E-state index in [2.05, 4.69) is 6.92 Å². The lowest BCUT2D eigenvalue weighted by atomic mass is 9.82. The minimum Gasteiger partial charge on any atom is -0.497 e. The summed E-state index contributed by atoms with van der Waals surface area (Å²) < 4.78 is 10.9. The van der Waals surface area contributed by atoms with E-state index in [1.54, 1.807) is 13.4 Å². The highest BCUT2D eigenvalue weighted by Crippen LogP contribution is 2.46. The number of anilines is 1. The minimum atomic E-state index is -0.880. The number of hydrogen-bond donors (Lipinski definition) is 1. The molecule has 4 aromatic rings. The molecule has 7 heteroatoms. The molecule has 7 nitrogen and oxygen atoms in total. The zero-order valence-electron chi connectivity index (χ0n) is 23.2. The Balaban J connectivity index is 1.52. The highest BCUT2D eigenvalue weighted by Gasteiger charge is 2.48. The third-order valence-corrected chi connectivity index (χ3v) is 7.93. The van der Waals surface area contributed by atoms with E-state index in [0.717, 1.165) is 46.2 Å². The number of hydrogen-bond acceptors (Lipinski definition) is 5. The maximum absolute atomic E-state index is 14.0. The van der Waals surface area contributed by atoms with Crippen LogP contribution in [0.5, 0.6) is 5.75 Å². The number of carbonyl (C=O) groups excluding carboxylic acids is 1. The molecule has 1 N–H and O–H groups in total. The zero-order chi connectivity index (χ0) is 28.2. The number of unbranched alkanes of at least 4 members (excludes halogenated alkanes) is 1. The number of benzene rings is 3. The number of carboxylic acid groups (broad SMARTS) is 1. The molecule has 1 aromatic heterocycles. The summed E-state index contributed by atoms with van der Waals surface area (Å²) in [6.07, 6.45) is 3.49. The Morgan fingerprint density at radius 2 is 1.82 bits per heavy atom.